The molecule has 2 aromatic rings. The second kappa shape index (κ2) is 7.52. The molecular formula is C21H20O5. The van der Waals surface area contributed by atoms with Gasteiger partial charge in [0.25, 0.3) is 0 Å². The second-order valence-corrected chi connectivity index (χ2v) is 6.31. The van der Waals surface area contributed by atoms with E-state index < -0.39 is 23.3 Å². The fraction of sp³-hybridized carbons (Fsp3) is 0.286. The molecule has 1 heterocycles. The number of cyclic esters (lactones) is 1. The van der Waals surface area contributed by atoms with E-state index in [4.69, 9.17) is 9.47 Å². The van der Waals surface area contributed by atoms with Gasteiger partial charge in [-0.25, -0.2) is 0 Å². The molecule has 1 aliphatic rings. The Labute approximate surface area is 151 Å². The van der Waals surface area contributed by atoms with E-state index in [0.29, 0.717) is 5.56 Å². The summed E-state index contributed by atoms with van der Waals surface area (Å²) in [6, 6.07) is 18.0. The highest BCUT2D eigenvalue weighted by Crippen LogP contribution is 2.47. The van der Waals surface area contributed by atoms with Gasteiger partial charge in [0.15, 0.2) is 11.2 Å². The van der Waals surface area contributed by atoms with E-state index in [2.05, 4.69) is 0 Å². The Morgan fingerprint density at radius 3 is 2.23 bits per heavy atom. The Kier molecular flexibility index (Phi) is 5.16. The molecular weight excluding hydrogens is 332 g/mol. The summed E-state index contributed by atoms with van der Waals surface area (Å²) in [5.41, 5.74) is -0.221. The number of hydrogen-bond donors (Lipinski definition) is 0. The fourth-order valence-corrected chi connectivity index (χ4v) is 3.55. The Hall–Kier alpha value is -2.95. The molecule has 5 nitrogen and oxygen atoms in total. The molecule has 0 N–H and O–H groups in total. The molecule has 134 valence electrons. The molecule has 0 saturated carbocycles. The summed E-state index contributed by atoms with van der Waals surface area (Å²) in [7, 11) is 1.25. The number of hydrogen-bond acceptors (Lipinski definition) is 5. The van der Waals surface area contributed by atoms with Gasteiger partial charge in [-0.3, -0.25) is 14.4 Å². The number of carbonyl (C=O) groups is 3. The normalized spacial score (nSPS) is 20.3. The van der Waals surface area contributed by atoms with Crippen LogP contribution in [-0.4, -0.2) is 31.4 Å². The first-order chi connectivity index (χ1) is 12.6. The summed E-state index contributed by atoms with van der Waals surface area (Å²) < 4.78 is 10.1. The lowest BCUT2D eigenvalue weighted by Crippen LogP contribution is -2.43. The molecule has 0 aromatic heterocycles. The molecule has 2 atom stereocenters. The van der Waals surface area contributed by atoms with Crippen LogP contribution in [0.25, 0.3) is 0 Å². The zero-order chi connectivity index (χ0) is 18.6. The highest BCUT2D eigenvalue weighted by molar-refractivity contribution is 6.04. The van der Waals surface area contributed by atoms with Gasteiger partial charge in [0.05, 0.1) is 13.7 Å². The van der Waals surface area contributed by atoms with Crippen LogP contribution in [0.1, 0.15) is 34.7 Å². The van der Waals surface area contributed by atoms with Crippen molar-refractivity contribution in [1.82, 2.24) is 0 Å². The van der Waals surface area contributed by atoms with Gasteiger partial charge in [0, 0.05) is 24.3 Å². The lowest BCUT2D eigenvalue weighted by molar-refractivity contribution is -0.164. The van der Waals surface area contributed by atoms with Crippen LogP contribution < -0.4 is 0 Å². The smallest absolute Gasteiger partial charge is 0.324 e. The maximum atomic E-state index is 12.8. The third-order valence-corrected chi connectivity index (χ3v) is 4.93. The minimum atomic E-state index is -1.50. The summed E-state index contributed by atoms with van der Waals surface area (Å²) in [6.45, 7) is 0.136. The third kappa shape index (κ3) is 3.12. The molecule has 1 fully saturated rings. The number of methoxy groups -OCH3 is 1. The molecule has 0 spiro atoms. The van der Waals surface area contributed by atoms with E-state index in [9.17, 15) is 14.4 Å². The first-order valence-corrected chi connectivity index (χ1v) is 8.48. The highest BCUT2D eigenvalue weighted by Gasteiger charge is 2.58. The van der Waals surface area contributed by atoms with Crippen molar-refractivity contribution < 1.29 is 23.9 Å². The average Bonchev–Trinajstić information content (AvgIpc) is 3.08. The zero-order valence-electron chi connectivity index (χ0n) is 14.5. The Bertz CT molecular complexity index is 800. The monoisotopic (exact) mass is 352 g/mol. The summed E-state index contributed by atoms with van der Waals surface area (Å²) in [6.07, 6.45) is 0.207. The SMILES string of the molecule is COC(=O)[C@]1([C@H](CC(=O)c2ccccc2)c2ccccc2)CCOC1=O. The van der Waals surface area contributed by atoms with E-state index >= 15 is 0 Å². The quantitative estimate of drug-likeness (QED) is 0.454. The number of esters is 2. The number of benzene rings is 2. The standard InChI is InChI=1S/C21H20O5/c1-25-19(23)21(12-13-26-20(21)24)17(15-8-4-2-5-9-15)14-18(22)16-10-6-3-7-11-16/h2-11,17H,12-14H2,1H3/t17-,21-/m1/s1. The predicted molar refractivity (Wildman–Crippen MR) is 94.6 cm³/mol. The summed E-state index contributed by atoms with van der Waals surface area (Å²) >= 11 is 0. The van der Waals surface area contributed by atoms with Crippen LogP contribution in [-0.2, 0) is 19.1 Å². The Morgan fingerprint density at radius 1 is 1.08 bits per heavy atom. The lowest BCUT2D eigenvalue weighted by atomic mass is 9.68. The van der Waals surface area contributed by atoms with Gasteiger partial charge in [0.2, 0.25) is 0 Å². The molecule has 0 aliphatic carbocycles. The average molecular weight is 352 g/mol. The molecule has 0 radical (unpaired) electrons. The van der Waals surface area contributed by atoms with Crippen LogP contribution in [0.4, 0.5) is 0 Å². The number of ether oxygens (including phenoxy) is 2. The van der Waals surface area contributed by atoms with Gasteiger partial charge < -0.3 is 9.47 Å². The van der Waals surface area contributed by atoms with Gasteiger partial charge >= 0.3 is 11.9 Å². The zero-order valence-corrected chi connectivity index (χ0v) is 14.5. The van der Waals surface area contributed by atoms with E-state index in [1.165, 1.54) is 7.11 Å². The number of Topliss-reactive ketones (excluding diaryl/α,β-unsaturated/α-hetero) is 1. The van der Waals surface area contributed by atoms with Gasteiger partial charge in [-0.05, 0) is 5.56 Å². The lowest BCUT2D eigenvalue weighted by Gasteiger charge is -2.31. The fourth-order valence-electron chi connectivity index (χ4n) is 3.55. The van der Waals surface area contributed by atoms with Crippen molar-refractivity contribution in [2.45, 2.75) is 18.8 Å². The summed E-state index contributed by atoms with van der Waals surface area (Å²) in [5, 5.41) is 0. The van der Waals surface area contributed by atoms with E-state index in [-0.39, 0.29) is 25.2 Å². The molecule has 0 amide bonds. The molecule has 0 unspecified atom stereocenters. The summed E-state index contributed by atoms with van der Waals surface area (Å²) in [4.78, 5) is 38.1. The van der Waals surface area contributed by atoms with Crippen LogP contribution in [0, 0.1) is 5.41 Å². The summed E-state index contributed by atoms with van der Waals surface area (Å²) in [5.74, 6) is -2.07. The van der Waals surface area contributed by atoms with Crippen LogP contribution in [0.2, 0.25) is 0 Å². The molecule has 3 rings (SSSR count). The number of carbonyl (C=O) groups excluding carboxylic acids is 3. The molecule has 1 saturated heterocycles. The van der Waals surface area contributed by atoms with Crippen molar-refractivity contribution in [2.75, 3.05) is 13.7 Å². The Balaban J connectivity index is 2.05. The van der Waals surface area contributed by atoms with Gasteiger partial charge in [0.1, 0.15) is 0 Å². The van der Waals surface area contributed by atoms with Crippen molar-refractivity contribution in [2.24, 2.45) is 5.41 Å². The van der Waals surface area contributed by atoms with Gasteiger partial charge in [-0.15, -0.1) is 0 Å². The maximum absolute atomic E-state index is 12.8. The number of rotatable bonds is 6. The topological polar surface area (TPSA) is 69.7 Å². The van der Waals surface area contributed by atoms with Crippen LogP contribution >= 0.6 is 0 Å². The van der Waals surface area contributed by atoms with Crippen molar-refractivity contribution in [1.29, 1.82) is 0 Å². The number of ketones is 1. The second-order valence-electron chi connectivity index (χ2n) is 6.31. The molecule has 5 heteroatoms. The van der Waals surface area contributed by atoms with Crippen molar-refractivity contribution >= 4 is 17.7 Å². The highest BCUT2D eigenvalue weighted by atomic mass is 16.6. The Morgan fingerprint density at radius 2 is 1.69 bits per heavy atom. The predicted octanol–water partition coefficient (Wildman–Crippen LogP) is 3.15. The molecule has 2 aromatic carbocycles. The van der Waals surface area contributed by atoms with Crippen LogP contribution in [0.15, 0.2) is 60.7 Å². The first-order valence-electron chi connectivity index (χ1n) is 8.48. The first kappa shape index (κ1) is 17.9. The van der Waals surface area contributed by atoms with Crippen molar-refractivity contribution in [3.63, 3.8) is 0 Å². The van der Waals surface area contributed by atoms with Gasteiger partial charge in [-0.2, -0.15) is 0 Å². The molecule has 1 aliphatic heterocycles. The molecule has 26 heavy (non-hydrogen) atoms. The van der Waals surface area contributed by atoms with Gasteiger partial charge in [-0.1, -0.05) is 60.7 Å². The van der Waals surface area contributed by atoms with Crippen molar-refractivity contribution in [3.05, 3.63) is 71.8 Å². The van der Waals surface area contributed by atoms with E-state index in [1.54, 1.807) is 24.3 Å². The maximum Gasteiger partial charge on any atom is 0.324 e. The minimum Gasteiger partial charge on any atom is -0.468 e. The van der Waals surface area contributed by atoms with E-state index in [0.717, 1.165) is 5.56 Å². The third-order valence-electron chi connectivity index (χ3n) is 4.93. The van der Waals surface area contributed by atoms with Crippen LogP contribution in [0.3, 0.4) is 0 Å². The van der Waals surface area contributed by atoms with Crippen molar-refractivity contribution in [3.8, 4) is 0 Å². The molecule has 0 bridgehead atoms. The largest absolute Gasteiger partial charge is 0.468 e. The van der Waals surface area contributed by atoms with Crippen LogP contribution in [0.5, 0.6) is 0 Å². The van der Waals surface area contributed by atoms with E-state index in [1.807, 2.05) is 36.4 Å². The minimum absolute atomic E-state index is 0.0121.